The van der Waals surface area contributed by atoms with E-state index in [1.165, 1.54) is 22.2 Å². The number of benzene rings is 1. The second kappa shape index (κ2) is 9.07. The number of nitrogens with zero attached hydrogens (tertiary/aromatic N) is 3. The smallest absolute Gasteiger partial charge is 0.234 e. The highest BCUT2D eigenvalue weighted by molar-refractivity contribution is 7.99. The number of thiophene rings is 1. The highest BCUT2D eigenvalue weighted by Crippen LogP contribution is 2.31. The zero-order chi connectivity index (χ0) is 20.1. The molecular formula is C20H22N4O2S2. The number of carbonyl (C=O) groups is 1. The van der Waals surface area contributed by atoms with Crippen molar-refractivity contribution in [3.8, 4) is 17.1 Å². The molecule has 3 rings (SSSR count). The van der Waals surface area contributed by atoms with Crippen LogP contribution in [-0.2, 0) is 11.3 Å². The van der Waals surface area contributed by atoms with Crippen LogP contribution in [0.4, 0.5) is 5.69 Å². The fraction of sp³-hybridized carbons (Fsp3) is 0.250. The molecule has 146 valence electrons. The Morgan fingerprint density at radius 2 is 2.07 bits per heavy atom. The molecule has 28 heavy (non-hydrogen) atoms. The van der Waals surface area contributed by atoms with E-state index in [2.05, 4.69) is 41.3 Å². The molecule has 0 unspecified atom stereocenters. The van der Waals surface area contributed by atoms with Crippen molar-refractivity contribution in [2.45, 2.75) is 25.5 Å². The van der Waals surface area contributed by atoms with E-state index in [1.807, 2.05) is 10.6 Å². The number of thioether (sulfide) groups is 1. The van der Waals surface area contributed by atoms with Crippen molar-refractivity contribution in [1.29, 1.82) is 0 Å². The Morgan fingerprint density at radius 1 is 1.32 bits per heavy atom. The summed E-state index contributed by atoms with van der Waals surface area (Å²) in [6.45, 7) is 8.59. The van der Waals surface area contributed by atoms with Gasteiger partial charge in [0.1, 0.15) is 5.75 Å². The third-order valence-electron chi connectivity index (χ3n) is 4.26. The summed E-state index contributed by atoms with van der Waals surface area (Å²) in [4.78, 5) is 13.6. The number of hydrogen-bond donors (Lipinski definition) is 1. The third kappa shape index (κ3) is 4.45. The lowest BCUT2D eigenvalue weighted by Gasteiger charge is -2.08. The van der Waals surface area contributed by atoms with Crippen molar-refractivity contribution in [2.24, 2.45) is 0 Å². The summed E-state index contributed by atoms with van der Waals surface area (Å²) in [6.07, 6.45) is 1.81. The SMILES string of the molecule is C=CCn1c(SCC(=O)Nc2ccc(OC)cc2)nnc1-c1csc(C)c1C. The van der Waals surface area contributed by atoms with Gasteiger partial charge in [0.2, 0.25) is 5.91 Å². The number of rotatable bonds is 8. The minimum atomic E-state index is -0.104. The number of aromatic nitrogens is 3. The first kappa shape index (κ1) is 20.2. The summed E-state index contributed by atoms with van der Waals surface area (Å²) in [5.74, 6) is 1.69. The number of amides is 1. The van der Waals surface area contributed by atoms with Gasteiger partial charge >= 0.3 is 0 Å². The van der Waals surface area contributed by atoms with E-state index < -0.39 is 0 Å². The normalized spacial score (nSPS) is 10.7. The van der Waals surface area contributed by atoms with Gasteiger partial charge in [-0.15, -0.1) is 28.1 Å². The van der Waals surface area contributed by atoms with Gasteiger partial charge in [0.25, 0.3) is 0 Å². The quantitative estimate of drug-likeness (QED) is 0.433. The monoisotopic (exact) mass is 414 g/mol. The second-order valence-corrected chi connectivity index (χ2v) is 8.13. The molecule has 0 radical (unpaired) electrons. The Bertz CT molecular complexity index is 977. The molecule has 0 spiro atoms. The van der Waals surface area contributed by atoms with Gasteiger partial charge in [-0.05, 0) is 43.7 Å². The lowest BCUT2D eigenvalue weighted by molar-refractivity contribution is -0.113. The van der Waals surface area contributed by atoms with Crippen LogP contribution in [0.3, 0.4) is 0 Å². The summed E-state index contributed by atoms with van der Waals surface area (Å²) >= 11 is 3.06. The van der Waals surface area contributed by atoms with Crippen LogP contribution in [0.15, 0.2) is 47.5 Å². The molecule has 0 aliphatic carbocycles. The van der Waals surface area contributed by atoms with Crippen molar-refractivity contribution in [3.05, 3.63) is 52.7 Å². The fourth-order valence-electron chi connectivity index (χ4n) is 2.62. The zero-order valence-electron chi connectivity index (χ0n) is 16.1. The minimum Gasteiger partial charge on any atom is -0.497 e. The molecule has 3 aromatic rings. The Balaban J connectivity index is 1.70. The lowest BCUT2D eigenvalue weighted by atomic mass is 10.1. The van der Waals surface area contributed by atoms with E-state index >= 15 is 0 Å². The van der Waals surface area contributed by atoms with Crippen molar-refractivity contribution in [3.63, 3.8) is 0 Å². The first-order valence-electron chi connectivity index (χ1n) is 8.69. The van der Waals surface area contributed by atoms with Crippen LogP contribution in [0.2, 0.25) is 0 Å². The van der Waals surface area contributed by atoms with Gasteiger partial charge in [-0.25, -0.2) is 0 Å². The molecule has 0 atom stereocenters. The molecule has 0 aliphatic heterocycles. The van der Waals surface area contributed by atoms with Crippen LogP contribution in [-0.4, -0.2) is 33.5 Å². The number of methoxy groups -OCH3 is 1. The van der Waals surface area contributed by atoms with Crippen LogP contribution < -0.4 is 10.1 Å². The van der Waals surface area contributed by atoms with Gasteiger partial charge in [0, 0.05) is 28.1 Å². The second-order valence-electron chi connectivity index (χ2n) is 6.10. The predicted molar refractivity (Wildman–Crippen MR) is 115 cm³/mol. The van der Waals surface area contributed by atoms with Crippen molar-refractivity contribution in [1.82, 2.24) is 14.8 Å². The molecule has 0 fully saturated rings. The van der Waals surface area contributed by atoms with E-state index in [0.717, 1.165) is 22.8 Å². The maximum absolute atomic E-state index is 12.3. The number of allylic oxidation sites excluding steroid dienone is 1. The maximum Gasteiger partial charge on any atom is 0.234 e. The predicted octanol–water partition coefficient (Wildman–Crippen LogP) is 4.55. The number of hydrogen-bond acceptors (Lipinski definition) is 6. The van der Waals surface area contributed by atoms with Gasteiger partial charge in [0.15, 0.2) is 11.0 Å². The average Bonchev–Trinajstić information content (AvgIpc) is 3.24. The molecule has 0 bridgehead atoms. The largest absolute Gasteiger partial charge is 0.497 e. The van der Waals surface area contributed by atoms with E-state index in [0.29, 0.717) is 11.7 Å². The molecular weight excluding hydrogens is 392 g/mol. The molecule has 1 aromatic carbocycles. The Hall–Kier alpha value is -2.58. The number of ether oxygens (including phenoxy) is 1. The molecule has 1 amide bonds. The third-order valence-corrected chi connectivity index (χ3v) is 6.24. The molecule has 0 saturated heterocycles. The van der Waals surface area contributed by atoms with Crippen LogP contribution in [0.1, 0.15) is 10.4 Å². The summed E-state index contributed by atoms with van der Waals surface area (Å²) < 4.78 is 7.12. The molecule has 0 aliphatic rings. The molecule has 2 aromatic heterocycles. The topological polar surface area (TPSA) is 69.0 Å². The molecule has 2 heterocycles. The maximum atomic E-state index is 12.3. The van der Waals surface area contributed by atoms with E-state index in [-0.39, 0.29) is 11.7 Å². The summed E-state index contributed by atoms with van der Waals surface area (Å²) in [5, 5.41) is 14.3. The molecule has 8 heteroatoms. The number of aryl methyl sites for hydroxylation is 1. The summed E-state index contributed by atoms with van der Waals surface area (Å²) in [7, 11) is 1.61. The van der Waals surface area contributed by atoms with Crippen molar-refractivity contribution >= 4 is 34.7 Å². The van der Waals surface area contributed by atoms with Crippen LogP contribution in [0, 0.1) is 13.8 Å². The van der Waals surface area contributed by atoms with Crippen LogP contribution in [0.25, 0.3) is 11.4 Å². The average molecular weight is 415 g/mol. The Labute approximate surface area is 172 Å². The fourth-order valence-corrected chi connectivity index (χ4v) is 4.24. The van der Waals surface area contributed by atoms with Crippen molar-refractivity contribution < 1.29 is 9.53 Å². The minimum absolute atomic E-state index is 0.104. The zero-order valence-corrected chi connectivity index (χ0v) is 17.7. The van der Waals surface area contributed by atoms with E-state index in [1.54, 1.807) is 42.7 Å². The highest BCUT2D eigenvalue weighted by Gasteiger charge is 2.18. The number of anilines is 1. The van der Waals surface area contributed by atoms with Crippen LogP contribution in [0.5, 0.6) is 5.75 Å². The summed E-state index contributed by atoms with van der Waals surface area (Å²) in [6, 6.07) is 7.23. The van der Waals surface area contributed by atoms with Gasteiger partial charge < -0.3 is 10.1 Å². The number of carbonyl (C=O) groups excluding carboxylic acids is 1. The molecule has 6 nitrogen and oxygen atoms in total. The first-order chi connectivity index (χ1) is 13.5. The standard InChI is InChI=1S/C20H22N4O2S2/c1-5-10-24-19(17-11-27-14(3)13(17)2)22-23-20(24)28-12-18(25)21-15-6-8-16(26-4)9-7-15/h5-9,11H,1,10,12H2,2-4H3,(H,21,25). The van der Waals surface area contributed by atoms with E-state index in [4.69, 9.17) is 4.74 Å². The lowest BCUT2D eigenvalue weighted by Crippen LogP contribution is -2.14. The van der Waals surface area contributed by atoms with Gasteiger partial charge in [-0.2, -0.15) is 0 Å². The van der Waals surface area contributed by atoms with Crippen molar-refractivity contribution in [2.75, 3.05) is 18.2 Å². The molecule has 1 N–H and O–H groups in total. The summed E-state index contributed by atoms with van der Waals surface area (Å²) in [5.41, 5.74) is 3.01. The Kier molecular flexibility index (Phi) is 6.53. The van der Waals surface area contributed by atoms with Crippen LogP contribution >= 0.6 is 23.1 Å². The van der Waals surface area contributed by atoms with E-state index in [9.17, 15) is 4.79 Å². The first-order valence-corrected chi connectivity index (χ1v) is 10.6. The van der Waals surface area contributed by atoms with Gasteiger partial charge in [0.05, 0.1) is 12.9 Å². The van der Waals surface area contributed by atoms with Gasteiger partial charge in [-0.3, -0.25) is 9.36 Å². The Morgan fingerprint density at radius 3 is 2.68 bits per heavy atom. The number of nitrogens with one attached hydrogen (secondary N) is 1. The van der Waals surface area contributed by atoms with Gasteiger partial charge in [-0.1, -0.05) is 17.8 Å². The highest BCUT2D eigenvalue weighted by atomic mass is 32.2. The molecule has 0 saturated carbocycles.